The van der Waals surface area contributed by atoms with Gasteiger partial charge in [-0.3, -0.25) is 0 Å². The van der Waals surface area contributed by atoms with Gasteiger partial charge in [-0.1, -0.05) is 26.2 Å². The first-order valence-corrected chi connectivity index (χ1v) is 10.3. The molecule has 0 aromatic heterocycles. The van der Waals surface area contributed by atoms with Gasteiger partial charge in [-0.25, -0.2) is 0 Å². The molecule has 0 saturated heterocycles. The van der Waals surface area contributed by atoms with Crippen molar-refractivity contribution in [1.82, 2.24) is 0 Å². The number of hydrogen-bond acceptors (Lipinski definition) is 3. The van der Waals surface area contributed by atoms with E-state index in [0.717, 1.165) is 6.61 Å². The van der Waals surface area contributed by atoms with Crippen molar-refractivity contribution >= 4 is 8.32 Å². The molecule has 0 aromatic rings. The minimum atomic E-state index is -1.36. The van der Waals surface area contributed by atoms with E-state index in [1.807, 2.05) is 0 Å². The second kappa shape index (κ2) is 11.2. The zero-order chi connectivity index (χ0) is 13.0. The molecule has 0 rings (SSSR count). The Balaban J connectivity index is 2.99. The van der Waals surface area contributed by atoms with Crippen LogP contribution in [0.5, 0.6) is 0 Å². The van der Waals surface area contributed by atoms with Crippen LogP contribution in [0, 0.1) is 0 Å². The molecule has 0 aliphatic heterocycles. The van der Waals surface area contributed by atoms with Gasteiger partial charge in [-0.05, 0) is 26.1 Å². The summed E-state index contributed by atoms with van der Waals surface area (Å²) in [6, 6.07) is 0. The highest BCUT2D eigenvalue weighted by molar-refractivity contribution is 6.69. The summed E-state index contributed by atoms with van der Waals surface area (Å²) in [5, 5.41) is 0. The lowest BCUT2D eigenvalue weighted by molar-refractivity contribution is 0.0344. The first-order valence-electron chi connectivity index (χ1n) is 6.85. The number of ether oxygens (including phenoxy) is 2. The summed E-state index contributed by atoms with van der Waals surface area (Å²) in [5.74, 6) is 0. The minimum Gasteiger partial charge on any atom is -0.415 e. The molecule has 0 fully saturated rings. The maximum Gasteiger partial charge on any atom is 0.183 e. The van der Waals surface area contributed by atoms with Gasteiger partial charge in [0.15, 0.2) is 8.32 Å². The summed E-state index contributed by atoms with van der Waals surface area (Å²) in [5.41, 5.74) is 0. The molecule has 0 aliphatic carbocycles. The van der Waals surface area contributed by atoms with E-state index in [-0.39, 0.29) is 0 Å². The second-order valence-electron chi connectivity index (χ2n) is 5.25. The van der Waals surface area contributed by atoms with Crippen LogP contribution in [0.1, 0.15) is 32.6 Å². The number of hydrogen-bond donors (Lipinski definition) is 0. The van der Waals surface area contributed by atoms with Crippen LogP contribution in [0.25, 0.3) is 0 Å². The van der Waals surface area contributed by atoms with Gasteiger partial charge in [0.05, 0.1) is 26.4 Å². The van der Waals surface area contributed by atoms with E-state index in [0.29, 0.717) is 26.4 Å². The first-order chi connectivity index (χ1) is 8.06. The van der Waals surface area contributed by atoms with Gasteiger partial charge >= 0.3 is 0 Å². The van der Waals surface area contributed by atoms with Crippen LogP contribution in [-0.4, -0.2) is 41.4 Å². The average molecular weight is 262 g/mol. The quantitative estimate of drug-likeness (QED) is 0.398. The summed E-state index contributed by atoms with van der Waals surface area (Å²) in [6.07, 6.45) is 5.04. The normalized spacial score (nSPS) is 12.0. The summed E-state index contributed by atoms with van der Waals surface area (Å²) < 4.78 is 16.6. The Morgan fingerprint density at radius 2 is 1.29 bits per heavy atom. The molecule has 0 aromatic carbocycles. The lowest BCUT2D eigenvalue weighted by Gasteiger charge is -2.16. The monoisotopic (exact) mass is 262 g/mol. The lowest BCUT2D eigenvalue weighted by atomic mass is 10.2. The van der Waals surface area contributed by atoms with Crippen LogP contribution in [0.15, 0.2) is 0 Å². The smallest absolute Gasteiger partial charge is 0.183 e. The average Bonchev–Trinajstić information content (AvgIpc) is 2.24. The summed E-state index contributed by atoms with van der Waals surface area (Å²) >= 11 is 0. The number of rotatable bonds is 12. The minimum absolute atomic E-state index is 0.683. The summed E-state index contributed by atoms with van der Waals surface area (Å²) in [7, 11) is -1.36. The molecule has 3 nitrogen and oxygen atoms in total. The van der Waals surface area contributed by atoms with E-state index in [1.54, 1.807) is 0 Å². The van der Waals surface area contributed by atoms with Gasteiger partial charge < -0.3 is 13.9 Å². The zero-order valence-electron chi connectivity index (χ0n) is 12.1. The van der Waals surface area contributed by atoms with E-state index in [1.165, 1.54) is 25.7 Å². The predicted octanol–water partition coefficient (Wildman–Crippen LogP) is 3.45. The van der Waals surface area contributed by atoms with Crippen LogP contribution in [0.2, 0.25) is 19.6 Å². The van der Waals surface area contributed by atoms with Crippen LogP contribution < -0.4 is 0 Å². The van der Waals surface area contributed by atoms with Crippen molar-refractivity contribution in [2.45, 2.75) is 52.2 Å². The van der Waals surface area contributed by atoms with E-state index >= 15 is 0 Å². The van der Waals surface area contributed by atoms with Crippen LogP contribution in [-0.2, 0) is 13.9 Å². The van der Waals surface area contributed by atoms with Crippen molar-refractivity contribution in [1.29, 1.82) is 0 Å². The molecule has 0 bridgehead atoms. The molecule has 0 saturated carbocycles. The SMILES string of the molecule is CCCCCCOCCOCCO[Si](C)(C)C. The Morgan fingerprint density at radius 1 is 0.706 bits per heavy atom. The topological polar surface area (TPSA) is 27.7 Å². The van der Waals surface area contributed by atoms with Gasteiger partial charge in [0, 0.05) is 6.61 Å². The molecule has 0 spiro atoms. The van der Waals surface area contributed by atoms with Gasteiger partial charge in [-0.2, -0.15) is 0 Å². The molecular formula is C13H30O3Si. The van der Waals surface area contributed by atoms with Crippen molar-refractivity contribution in [2.75, 3.05) is 33.0 Å². The Bertz CT molecular complexity index is 157. The highest BCUT2D eigenvalue weighted by Gasteiger charge is 2.12. The van der Waals surface area contributed by atoms with Gasteiger partial charge in [0.1, 0.15) is 0 Å². The molecule has 0 radical (unpaired) electrons. The maximum absolute atomic E-state index is 5.67. The van der Waals surface area contributed by atoms with E-state index < -0.39 is 8.32 Å². The fraction of sp³-hybridized carbons (Fsp3) is 1.00. The Morgan fingerprint density at radius 3 is 1.88 bits per heavy atom. The fourth-order valence-corrected chi connectivity index (χ4v) is 2.06. The maximum atomic E-state index is 5.67. The largest absolute Gasteiger partial charge is 0.415 e. The Hall–Kier alpha value is 0.0969. The van der Waals surface area contributed by atoms with Crippen LogP contribution in [0.4, 0.5) is 0 Å². The first kappa shape index (κ1) is 17.1. The summed E-state index contributed by atoms with van der Waals surface area (Å²) in [4.78, 5) is 0. The van der Waals surface area contributed by atoms with Gasteiger partial charge in [0.25, 0.3) is 0 Å². The van der Waals surface area contributed by atoms with E-state index in [4.69, 9.17) is 13.9 Å². The fourth-order valence-electron chi connectivity index (χ4n) is 1.36. The highest BCUT2D eigenvalue weighted by atomic mass is 28.4. The van der Waals surface area contributed by atoms with Crippen molar-refractivity contribution < 1.29 is 13.9 Å². The molecular weight excluding hydrogens is 232 g/mol. The molecule has 0 aliphatic rings. The van der Waals surface area contributed by atoms with Gasteiger partial charge in [-0.15, -0.1) is 0 Å². The molecule has 4 heteroatoms. The van der Waals surface area contributed by atoms with Crippen molar-refractivity contribution in [3.8, 4) is 0 Å². The van der Waals surface area contributed by atoms with E-state index in [2.05, 4.69) is 26.6 Å². The highest BCUT2D eigenvalue weighted by Crippen LogP contribution is 2.01. The third-order valence-corrected chi connectivity index (χ3v) is 3.35. The second-order valence-corrected chi connectivity index (χ2v) is 9.76. The van der Waals surface area contributed by atoms with Gasteiger partial charge in [0.2, 0.25) is 0 Å². The Labute approximate surface area is 108 Å². The lowest BCUT2D eigenvalue weighted by Crippen LogP contribution is -2.27. The molecule has 0 N–H and O–H groups in total. The summed E-state index contributed by atoms with van der Waals surface area (Å²) in [6.45, 7) is 12.4. The molecule has 17 heavy (non-hydrogen) atoms. The van der Waals surface area contributed by atoms with Crippen molar-refractivity contribution in [3.63, 3.8) is 0 Å². The third-order valence-electron chi connectivity index (χ3n) is 2.28. The third kappa shape index (κ3) is 16.1. The molecule has 104 valence electrons. The molecule has 0 heterocycles. The molecule has 0 amide bonds. The standard InChI is InChI=1S/C13H30O3Si/c1-5-6-7-8-9-14-10-11-15-12-13-16-17(2,3)4/h5-13H2,1-4H3. The van der Waals surface area contributed by atoms with Crippen molar-refractivity contribution in [2.24, 2.45) is 0 Å². The molecule has 0 atom stereocenters. The predicted molar refractivity (Wildman–Crippen MR) is 75.1 cm³/mol. The van der Waals surface area contributed by atoms with Crippen LogP contribution in [0.3, 0.4) is 0 Å². The Kier molecular flexibility index (Phi) is 11.3. The molecule has 0 unspecified atom stereocenters. The van der Waals surface area contributed by atoms with Crippen molar-refractivity contribution in [3.05, 3.63) is 0 Å². The zero-order valence-corrected chi connectivity index (χ0v) is 13.1. The van der Waals surface area contributed by atoms with Crippen LogP contribution >= 0.6 is 0 Å². The van der Waals surface area contributed by atoms with E-state index in [9.17, 15) is 0 Å². The number of unbranched alkanes of at least 4 members (excludes halogenated alkanes) is 3.